The van der Waals surface area contributed by atoms with Gasteiger partial charge >= 0.3 is 0 Å². The number of nitrogens with one attached hydrogen (secondary N) is 1. The van der Waals surface area contributed by atoms with E-state index in [4.69, 9.17) is 5.73 Å². The van der Waals surface area contributed by atoms with Gasteiger partial charge in [-0.2, -0.15) is 0 Å². The molecule has 0 saturated heterocycles. The van der Waals surface area contributed by atoms with Crippen molar-refractivity contribution < 1.29 is 8.78 Å². The van der Waals surface area contributed by atoms with Crippen molar-refractivity contribution in [2.75, 3.05) is 5.73 Å². The van der Waals surface area contributed by atoms with Crippen LogP contribution in [-0.4, -0.2) is 15.0 Å². The fraction of sp³-hybridized carbons (Fsp3) is 0. The van der Waals surface area contributed by atoms with Crippen molar-refractivity contribution >= 4 is 27.8 Å². The summed E-state index contributed by atoms with van der Waals surface area (Å²) in [5, 5.41) is 1.62. The molecule has 6 heteroatoms. The van der Waals surface area contributed by atoms with Crippen molar-refractivity contribution in [1.29, 1.82) is 0 Å². The van der Waals surface area contributed by atoms with E-state index in [2.05, 4.69) is 15.0 Å². The van der Waals surface area contributed by atoms with Gasteiger partial charge in [0, 0.05) is 28.1 Å². The van der Waals surface area contributed by atoms with Gasteiger partial charge in [0.05, 0.1) is 11.7 Å². The molecule has 22 heavy (non-hydrogen) atoms. The zero-order chi connectivity index (χ0) is 15.3. The van der Waals surface area contributed by atoms with E-state index in [1.165, 1.54) is 6.20 Å². The van der Waals surface area contributed by atoms with Gasteiger partial charge in [-0.1, -0.05) is 0 Å². The Bertz CT molecular complexity index is 1020. The quantitative estimate of drug-likeness (QED) is 0.563. The first-order valence-electron chi connectivity index (χ1n) is 6.60. The third kappa shape index (κ3) is 1.88. The predicted octanol–water partition coefficient (Wildman–Crippen LogP) is 3.64. The lowest BCUT2D eigenvalue weighted by Gasteiger charge is -2.03. The number of nitrogens with zero attached hydrogens (tertiary/aromatic N) is 2. The van der Waals surface area contributed by atoms with E-state index in [0.717, 1.165) is 34.5 Å². The maximum Gasteiger partial charge on any atom is 0.138 e. The molecule has 4 nitrogen and oxygen atoms in total. The van der Waals surface area contributed by atoms with Gasteiger partial charge in [-0.05, 0) is 30.3 Å². The van der Waals surface area contributed by atoms with Gasteiger partial charge in [0.25, 0.3) is 0 Å². The fourth-order valence-corrected chi connectivity index (χ4v) is 2.56. The number of nitrogens with two attached hydrogens (primary N) is 1. The number of benzene rings is 1. The molecule has 0 unspecified atom stereocenters. The fourth-order valence-electron chi connectivity index (χ4n) is 2.56. The monoisotopic (exact) mass is 296 g/mol. The molecule has 3 heterocycles. The van der Waals surface area contributed by atoms with Crippen molar-refractivity contribution in [3.05, 3.63) is 54.4 Å². The van der Waals surface area contributed by atoms with Crippen molar-refractivity contribution in [3.8, 4) is 11.1 Å². The van der Waals surface area contributed by atoms with Crippen molar-refractivity contribution in [2.45, 2.75) is 0 Å². The standard InChI is InChI=1S/C16H10F2N4/c17-9-1-2-13(18)10(4-9)8-3-12-11-5-15(19)20-7-14(11)22-16(12)21-6-8/h1-7H,(H2,19,20)(H,21,22). The minimum Gasteiger partial charge on any atom is -0.384 e. The highest BCUT2D eigenvalue weighted by atomic mass is 19.1. The molecule has 0 aliphatic heterocycles. The van der Waals surface area contributed by atoms with E-state index in [1.807, 2.05) is 0 Å². The Labute approximate surface area is 123 Å². The Morgan fingerprint density at radius 2 is 1.82 bits per heavy atom. The summed E-state index contributed by atoms with van der Waals surface area (Å²) in [7, 11) is 0. The second kappa shape index (κ2) is 4.49. The molecule has 0 spiro atoms. The molecule has 0 atom stereocenters. The first-order valence-corrected chi connectivity index (χ1v) is 6.60. The average Bonchev–Trinajstić information content (AvgIpc) is 2.87. The summed E-state index contributed by atoms with van der Waals surface area (Å²) >= 11 is 0. The topological polar surface area (TPSA) is 67.6 Å². The van der Waals surface area contributed by atoms with Crippen LogP contribution in [0.25, 0.3) is 33.1 Å². The van der Waals surface area contributed by atoms with Gasteiger partial charge in [-0.3, -0.25) is 0 Å². The van der Waals surface area contributed by atoms with Crippen LogP contribution in [0.5, 0.6) is 0 Å². The van der Waals surface area contributed by atoms with Crippen molar-refractivity contribution in [3.63, 3.8) is 0 Å². The highest BCUT2D eigenvalue weighted by Crippen LogP contribution is 2.30. The minimum absolute atomic E-state index is 0.172. The molecule has 0 fully saturated rings. The van der Waals surface area contributed by atoms with E-state index in [9.17, 15) is 8.78 Å². The summed E-state index contributed by atoms with van der Waals surface area (Å²) in [4.78, 5) is 11.4. The first-order chi connectivity index (χ1) is 10.6. The molecule has 3 aromatic heterocycles. The van der Waals surface area contributed by atoms with Crippen LogP contribution in [-0.2, 0) is 0 Å². The largest absolute Gasteiger partial charge is 0.384 e. The van der Waals surface area contributed by atoms with Crippen LogP contribution in [0.3, 0.4) is 0 Å². The molecular weight excluding hydrogens is 286 g/mol. The van der Waals surface area contributed by atoms with Crippen LogP contribution in [0, 0.1) is 11.6 Å². The molecule has 1 aromatic carbocycles. The van der Waals surface area contributed by atoms with E-state index in [-0.39, 0.29) is 5.56 Å². The minimum atomic E-state index is -0.497. The van der Waals surface area contributed by atoms with Crippen LogP contribution in [0.1, 0.15) is 0 Å². The first kappa shape index (κ1) is 12.7. The third-order valence-corrected chi connectivity index (χ3v) is 3.60. The number of H-pyrrole nitrogens is 1. The van der Waals surface area contributed by atoms with Crippen LogP contribution in [0.2, 0.25) is 0 Å². The lowest BCUT2D eigenvalue weighted by molar-refractivity contribution is 0.603. The van der Waals surface area contributed by atoms with E-state index < -0.39 is 11.6 Å². The zero-order valence-corrected chi connectivity index (χ0v) is 11.3. The number of pyridine rings is 2. The lowest BCUT2D eigenvalue weighted by Crippen LogP contribution is -1.88. The molecule has 4 rings (SSSR count). The van der Waals surface area contributed by atoms with Crippen LogP contribution in [0.15, 0.2) is 42.7 Å². The molecular formula is C16H10F2N4. The lowest BCUT2D eigenvalue weighted by atomic mass is 10.1. The molecule has 0 aliphatic rings. The Morgan fingerprint density at radius 1 is 0.955 bits per heavy atom. The smallest absolute Gasteiger partial charge is 0.138 e. The van der Waals surface area contributed by atoms with Gasteiger partial charge in [0.2, 0.25) is 0 Å². The third-order valence-electron chi connectivity index (χ3n) is 3.60. The predicted molar refractivity (Wildman–Crippen MR) is 81.2 cm³/mol. The van der Waals surface area contributed by atoms with Crippen LogP contribution < -0.4 is 5.73 Å². The summed E-state index contributed by atoms with van der Waals surface area (Å²) in [5.74, 6) is -0.608. The normalized spacial score (nSPS) is 11.4. The molecule has 0 aliphatic carbocycles. The van der Waals surface area contributed by atoms with Crippen LogP contribution >= 0.6 is 0 Å². The zero-order valence-electron chi connectivity index (χ0n) is 11.3. The number of anilines is 1. The molecule has 0 radical (unpaired) electrons. The molecule has 4 aromatic rings. The number of hydrogen-bond acceptors (Lipinski definition) is 3. The Kier molecular flexibility index (Phi) is 2.59. The molecule has 0 amide bonds. The molecule has 0 saturated carbocycles. The van der Waals surface area contributed by atoms with Gasteiger partial charge in [-0.15, -0.1) is 0 Å². The average molecular weight is 296 g/mol. The summed E-state index contributed by atoms with van der Waals surface area (Å²) < 4.78 is 27.3. The molecule has 108 valence electrons. The summed E-state index contributed by atoms with van der Waals surface area (Å²) in [6.07, 6.45) is 3.13. The number of aromatic amines is 1. The number of hydrogen-bond donors (Lipinski definition) is 2. The maximum absolute atomic E-state index is 13.9. The van der Waals surface area contributed by atoms with Gasteiger partial charge in [-0.25, -0.2) is 18.7 Å². The van der Waals surface area contributed by atoms with Gasteiger partial charge in [0.1, 0.15) is 23.1 Å². The van der Waals surface area contributed by atoms with E-state index in [0.29, 0.717) is 17.0 Å². The number of halogens is 2. The second-order valence-corrected chi connectivity index (χ2v) is 5.02. The summed E-state index contributed by atoms with van der Waals surface area (Å²) in [5.41, 5.74) is 7.81. The number of nitrogen functional groups attached to an aromatic ring is 1. The molecule has 3 N–H and O–H groups in total. The second-order valence-electron chi connectivity index (χ2n) is 5.02. The number of fused-ring (bicyclic) bond motifs is 3. The van der Waals surface area contributed by atoms with Gasteiger partial charge in [0.15, 0.2) is 0 Å². The highest BCUT2D eigenvalue weighted by Gasteiger charge is 2.11. The summed E-state index contributed by atoms with van der Waals surface area (Å²) in [6.45, 7) is 0. The maximum atomic E-state index is 13.9. The number of rotatable bonds is 1. The Balaban J connectivity index is 2.02. The van der Waals surface area contributed by atoms with Crippen molar-refractivity contribution in [1.82, 2.24) is 15.0 Å². The SMILES string of the molecule is Nc1cc2c(cn1)[nH]c1ncc(-c3cc(F)ccc3F)cc12. The summed E-state index contributed by atoms with van der Waals surface area (Å²) in [6, 6.07) is 6.83. The van der Waals surface area contributed by atoms with E-state index in [1.54, 1.807) is 18.3 Å². The Hall–Kier alpha value is -3.02. The molecule has 0 bridgehead atoms. The van der Waals surface area contributed by atoms with Crippen molar-refractivity contribution in [2.24, 2.45) is 0 Å². The highest BCUT2D eigenvalue weighted by molar-refractivity contribution is 6.07. The number of aromatic nitrogens is 3. The van der Waals surface area contributed by atoms with E-state index >= 15 is 0 Å². The Morgan fingerprint density at radius 3 is 2.68 bits per heavy atom. The van der Waals surface area contributed by atoms with Gasteiger partial charge < -0.3 is 10.7 Å². The van der Waals surface area contributed by atoms with Crippen LogP contribution in [0.4, 0.5) is 14.6 Å².